The maximum atomic E-state index is 12.4. The van der Waals surface area contributed by atoms with Crippen molar-refractivity contribution in [1.82, 2.24) is 5.32 Å². The molecule has 0 heterocycles. The first kappa shape index (κ1) is 54.6. The van der Waals surface area contributed by atoms with Gasteiger partial charge in [-0.1, -0.05) is 234 Å². The number of carbonyl (C=O) groups is 1. The molecule has 0 rings (SSSR count). The summed E-state index contributed by atoms with van der Waals surface area (Å²) in [6, 6.07) is -0.553. The molecule has 0 aromatic rings. The first-order chi connectivity index (χ1) is 28.2. The Morgan fingerprint density at radius 2 is 0.772 bits per heavy atom. The Morgan fingerprint density at radius 1 is 0.439 bits per heavy atom. The van der Waals surface area contributed by atoms with Crippen molar-refractivity contribution < 1.29 is 15.0 Å². The lowest BCUT2D eigenvalue weighted by Gasteiger charge is -2.22. The van der Waals surface area contributed by atoms with Crippen LogP contribution in [0.3, 0.4) is 0 Å². The monoisotopic (exact) mass is 792 g/mol. The van der Waals surface area contributed by atoms with Gasteiger partial charge in [-0.25, -0.2) is 0 Å². The molecule has 2 unspecified atom stereocenters. The molecule has 2 atom stereocenters. The summed E-state index contributed by atoms with van der Waals surface area (Å²) in [4.78, 5) is 12.4. The average Bonchev–Trinajstić information content (AvgIpc) is 3.22. The highest BCUT2D eigenvalue weighted by molar-refractivity contribution is 5.76. The minimum atomic E-state index is -0.674. The molecule has 4 nitrogen and oxygen atoms in total. The highest BCUT2D eigenvalue weighted by atomic mass is 16.3. The molecule has 57 heavy (non-hydrogen) atoms. The second-order valence-corrected chi connectivity index (χ2v) is 16.2. The van der Waals surface area contributed by atoms with Gasteiger partial charge in [-0.05, 0) is 70.6 Å². The molecule has 0 bridgehead atoms. The number of amides is 1. The van der Waals surface area contributed by atoms with Crippen molar-refractivity contribution in [3.8, 4) is 0 Å². The normalized spacial score (nSPS) is 13.7. The third kappa shape index (κ3) is 44.5. The van der Waals surface area contributed by atoms with E-state index in [9.17, 15) is 15.0 Å². The Balaban J connectivity index is 3.62. The van der Waals surface area contributed by atoms with Gasteiger partial charge in [0.25, 0.3) is 0 Å². The smallest absolute Gasteiger partial charge is 0.220 e. The van der Waals surface area contributed by atoms with Crippen molar-refractivity contribution in [2.45, 2.75) is 238 Å². The fraction of sp³-hybridized carbons (Fsp3) is 0.717. The van der Waals surface area contributed by atoms with Crippen molar-refractivity contribution in [2.75, 3.05) is 6.61 Å². The van der Waals surface area contributed by atoms with Gasteiger partial charge in [0.15, 0.2) is 0 Å². The predicted molar refractivity (Wildman–Crippen MR) is 253 cm³/mol. The maximum Gasteiger partial charge on any atom is 0.220 e. The van der Waals surface area contributed by atoms with E-state index in [2.05, 4.69) is 104 Å². The number of aliphatic hydroxyl groups excluding tert-OH is 2. The van der Waals surface area contributed by atoms with Crippen LogP contribution in [0.1, 0.15) is 226 Å². The third-order valence-electron chi connectivity index (χ3n) is 10.7. The molecule has 0 aromatic heterocycles. The van der Waals surface area contributed by atoms with Gasteiger partial charge in [0.1, 0.15) is 0 Å². The summed E-state index contributed by atoms with van der Waals surface area (Å²) in [6.07, 6.45) is 69.5. The molecule has 0 fully saturated rings. The fourth-order valence-corrected chi connectivity index (χ4v) is 6.99. The summed E-state index contributed by atoms with van der Waals surface area (Å²) in [5.41, 5.74) is 0. The first-order valence-electron chi connectivity index (χ1n) is 24.3. The zero-order chi connectivity index (χ0) is 41.4. The maximum absolute atomic E-state index is 12.4. The number of aliphatic hydroxyl groups is 2. The highest BCUT2D eigenvalue weighted by Gasteiger charge is 2.20. The van der Waals surface area contributed by atoms with Gasteiger partial charge in [0, 0.05) is 6.42 Å². The number of rotatable bonds is 43. The van der Waals surface area contributed by atoms with E-state index in [0.717, 1.165) is 83.5 Å². The van der Waals surface area contributed by atoms with Crippen LogP contribution in [0.5, 0.6) is 0 Å². The van der Waals surface area contributed by atoms with E-state index >= 15 is 0 Å². The summed E-state index contributed by atoms with van der Waals surface area (Å²) < 4.78 is 0. The van der Waals surface area contributed by atoms with Crippen LogP contribution in [0.15, 0.2) is 85.1 Å². The number of nitrogens with one attached hydrogen (secondary N) is 1. The van der Waals surface area contributed by atoms with E-state index in [1.807, 2.05) is 0 Å². The molecular formula is C53H93NO3. The van der Waals surface area contributed by atoms with E-state index in [4.69, 9.17) is 0 Å². The van der Waals surface area contributed by atoms with Crippen molar-refractivity contribution in [1.29, 1.82) is 0 Å². The summed E-state index contributed by atoms with van der Waals surface area (Å²) in [6.45, 7) is 4.24. The topological polar surface area (TPSA) is 69.6 Å². The number of allylic oxidation sites excluding steroid dienone is 14. The minimum absolute atomic E-state index is 0.0526. The Bertz CT molecular complexity index is 1030. The summed E-state index contributed by atoms with van der Waals surface area (Å²) >= 11 is 0. The predicted octanol–water partition coefficient (Wildman–Crippen LogP) is 15.6. The Kier molecular flexibility index (Phi) is 45.9. The number of unbranched alkanes of at least 4 members (excludes halogenated alkanes) is 22. The van der Waals surface area contributed by atoms with Gasteiger partial charge in [0.2, 0.25) is 5.91 Å². The van der Waals surface area contributed by atoms with Gasteiger partial charge < -0.3 is 15.5 Å². The van der Waals surface area contributed by atoms with Crippen LogP contribution >= 0.6 is 0 Å². The Morgan fingerprint density at radius 3 is 1.16 bits per heavy atom. The van der Waals surface area contributed by atoms with Gasteiger partial charge >= 0.3 is 0 Å². The largest absolute Gasteiger partial charge is 0.394 e. The second-order valence-electron chi connectivity index (χ2n) is 16.2. The second kappa shape index (κ2) is 47.9. The standard InChI is InChI=1S/C53H93NO3/c1-3-5-7-9-11-13-15-17-19-21-23-24-25-26-27-28-29-30-31-33-35-37-39-41-43-45-47-49-53(57)54-51(50-55)52(56)48-46-44-42-40-38-36-34-32-22-20-18-16-14-12-10-8-6-4-2/h5,7,11,13,17,19,23-24,26-27,29-30,33,35,51-52,55-56H,3-4,6,8-10,12,14-16,18,20-22,25,28,31-32,34,36-50H2,1-2H3,(H,54,57)/b7-5-,13-11-,19-17-,24-23-,27-26-,30-29-,35-33-. The van der Waals surface area contributed by atoms with Crippen LogP contribution in [-0.2, 0) is 4.79 Å². The molecule has 0 radical (unpaired) electrons. The molecule has 328 valence electrons. The molecular weight excluding hydrogens is 699 g/mol. The molecule has 4 heteroatoms. The van der Waals surface area contributed by atoms with Crippen LogP contribution in [0.4, 0.5) is 0 Å². The molecule has 1 amide bonds. The van der Waals surface area contributed by atoms with Crippen LogP contribution in [0.2, 0.25) is 0 Å². The van der Waals surface area contributed by atoms with Crippen molar-refractivity contribution >= 4 is 5.91 Å². The summed E-state index contributed by atoms with van der Waals surface area (Å²) in [5, 5.41) is 23.2. The Labute approximate surface area is 354 Å². The van der Waals surface area contributed by atoms with Crippen molar-refractivity contribution in [3.63, 3.8) is 0 Å². The lowest BCUT2D eigenvalue weighted by molar-refractivity contribution is -0.123. The van der Waals surface area contributed by atoms with E-state index in [-0.39, 0.29) is 12.5 Å². The molecule has 0 spiro atoms. The van der Waals surface area contributed by atoms with E-state index in [1.54, 1.807) is 0 Å². The number of hydrogen-bond donors (Lipinski definition) is 3. The molecule has 0 aliphatic heterocycles. The molecule has 0 aliphatic carbocycles. The zero-order valence-corrected chi connectivity index (χ0v) is 37.6. The number of hydrogen-bond acceptors (Lipinski definition) is 3. The number of carbonyl (C=O) groups excluding carboxylic acids is 1. The van der Waals surface area contributed by atoms with E-state index < -0.39 is 12.1 Å². The molecule has 3 N–H and O–H groups in total. The SMILES string of the molecule is CC/C=C\C/C=C\C/C=C\C/C=C\C/C=C\C/C=C\C/C=C\CCCCCCCC(=O)NC(CO)C(O)CCCCCCCCCCCCCCCCCCCC. The molecule has 0 saturated heterocycles. The van der Waals surface area contributed by atoms with E-state index in [1.165, 1.54) is 116 Å². The van der Waals surface area contributed by atoms with Gasteiger partial charge in [-0.15, -0.1) is 0 Å². The van der Waals surface area contributed by atoms with Crippen LogP contribution in [0, 0.1) is 0 Å². The van der Waals surface area contributed by atoms with Gasteiger partial charge in [-0.2, -0.15) is 0 Å². The van der Waals surface area contributed by atoms with Gasteiger partial charge in [0.05, 0.1) is 18.8 Å². The van der Waals surface area contributed by atoms with E-state index in [0.29, 0.717) is 12.8 Å². The summed E-state index contributed by atoms with van der Waals surface area (Å²) in [5.74, 6) is -0.0526. The van der Waals surface area contributed by atoms with Crippen molar-refractivity contribution in [2.24, 2.45) is 0 Å². The highest BCUT2D eigenvalue weighted by Crippen LogP contribution is 2.16. The lowest BCUT2D eigenvalue weighted by atomic mass is 10.0. The van der Waals surface area contributed by atoms with Crippen LogP contribution in [-0.4, -0.2) is 34.9 Å². The third-order valence-corrected chi connectivity index (χ3v) is 10.7. The first-order valence-corrected chi connectivity index (χ1v) is 24.3. The van der Waals surface area contributed by atoms with Crippen LogP contribution in [0.25, 0.3) is 0 Å². The quantitative estimate of drug-likeness (QED) is 0.0425. The fourth-order valence-electron chi connectivity index (χ4n) is 6.99. The zero-order valence-electron chi connectivity index (χ0n) is 37.6. The molecule has 0 saturated carbocycles. The van der Waals surface area contributed by atoms with Crippen LogP contribution < -0.4 is 5.32 Å². The van der Waals surface area contributed by atoms with Crippen molar-refractivity contribution in [3.05, 3.63) is 85.1 Å². The minimum Gasteiger partial charge on any atom is -0.394 e. The molecule has 0 aliphatic rings. The average molecular weight is 792 g/mol. The lowest BCUT2D eigenvalue weighted by Crippen LogP contribution is -2.45. The summed E-state index contributed by atoms with van der Waals surface area (Å²) in [7, 11) is 0. The molecule has 0 aromatic carbocycles. The van der Waals surface area contributed by atoms with Gasteiger partial charge in [-0.3, -0.25) is 4.79 Å². The Hall–Kier alpha value is -2.43.